The van der Waals surface area contributed by atoms with Gasteiger partial charge in [-0.05, 0) is 116 Å². The summed E-state index contributed by atoms with van der Waals surface area (Å²) in [4.78, 5) is 2.53. The van der Waals surface area contributed by atoms with Crippen molar-refractivity contribution in [2.75, 3.05) is 4.90 Å². The molecule has 11 aromatic carbocycles. The van der Waals surface area contributed by atoms with Crippen LogP contribution < -0.4 is 14.4 Å². The van der Waals surface area contributed by atoms with Crippen LogP contribution in [-0.4, -0.2) is 0 Å². The summed E-state index contributed by atoms with van der Waals surface area (Å²) < 4.78 is 13.5. The van der Waals surface area contributed by atoms with Crippen molar-refractivity contribution in [3.63, 3.8) is 0 Å². The lowest BCUT2D eigenvalue weighted by molar-refractivity contribution is 0.436. The zero-order valence-corrected chi connectivity index (χ0v) is 37.4. The molecule has 2 aliphatic carbocycles. The zero-order chi connectivity index (χ0) is 45.3. The average molecular weight is 880 g/mol. The lowest BCUT2D eigenvalue weighted by Crippen LogP contribution is -2.32. The van der Waals surface area contributed by atoms with Gasteiger partial charge in [0.2, 0.25) is 0 Å². The van der Waals surface area contributed by atoms with Crippen LogP contribution >= 0.6 is 0 Å². The molecule has 69 heavy (non-hydrogen) atoms. The summed E-state index contributed by atoms with van der Waals surface area (Å²) in [7, 11) is 0. The maximum atomic E-state index is 6.76. The van der Waals surface area contributed by atoms with Crippen LogP contribution in [0.15, 0.2) is 249 Å². The smallest absolute Gasteiger partial charge is 0.132 e. The molecule has 0 atom stereocenters. The fraction of sp³-hybridized carbons (Fsp3) is 0.0303. The molecule has 11 aromatic rings. The first-order valence-corrected chi connectivity index (χ1v) is 23.8. The minimum Gasteiger partial charge on any atom is -0.457 e. The number of hydrogen-bond donors (Lipinski definition) is 0. The number of hydrogen-bond acceptors (Lipinski definition) is 3. The molecule has 0 amide bonds. The number of fused-ring (bicyclic) bond motifs is 19. The van der Waals surface area contributed by atoms with Crippen molar-refractivity contribution >= 4 is 27.8 Å². The summed E-state index contributed by atoms with van der Waals surface area (Å²) in [6, 6.07) is 91.1. The van der Waals surface area contributed by atoms with E-state index in [2.05, 4.69) is 254 Å². The van der Waals surface area contributed by atoms with E-state index < -0.39 is 10.8 Å². The molecular weight excluding hydrogens is 839 g/mol. The predicted octanol–water partition coefficient (Wildman–Crippen LogP) is 16.9. The highest BCUT2D eigenvalue weighted by atomic mass is 16.5. The molecule has 0 unspecified atom stereocenters. The summed E-state index contributed by atoms with van der Waals surface area (Å²) in [6.07, 6.45) is 0. The van der Waals surface area contributed by atoms with Crippen molar-refractivity contribution < 1.29 is 9.47 Å². The Morgan fingerprint density at radius 3 is 1.36 bits per heavy atom. The molecule has 322 valence electrons. The Morgan fingerprint density at radius 1 is 0.275 bits per heavy atom. The highest BCUT2D eigenvalue weighted by Crippen LogP contribution is 2.66. The second-order valence-corrected chi connectivity index (χ2v) is 18.6. The number of benzene rings is 11. The van der Waals surface area contributed by atoms with Gasteiger partial charge in [-0.2, -0.15) is 0 Å². The third kappa shape index (κ3) is 5.06. The second kappa shape index (κ2) is 14.3. The molecule has 2 aliphatic heterocycles. The normalized spacial score (nSPS) is 14.3. The van der Waals surface area contributed by atoms with Crippen molar-refractivity contribution in [2.45, 2.75) is 10.8 Å². The Balaban J connectivity index is 1.05. The lowest BCUT2D eigenvalue weighted by atomic mass is 9.66. The zero-order valence-electron chi connectivity index (χ0n) is 37.4. The van der Waals surface area contributed by atoms with E-state index in [4.69, 9.17) is 9.47 Å². The van der Waals surface area contributed by atoms with Crippen LogP contribution in [0, 0.1) is 0 Å². The Morgan fingerprint density at radius 2 is 0.725 bits per heavy atom. The van der Waals surface area contributed by atoms with Gasteiger partial charge >= 0.3 is 0 Å². The quantitative estimate of drug-likeness (QED) is 0.176. The van der Waals surface area contributed by atoms with Crippen LogP contribution in [-0.2, 0) is 10.8 Å². The maximum absolute atomic E-state index is 6.76. The fourth-order valence-electron chi connectivity index (χ4n) is 12.7. The van der Waals surface area contributed by atoms with E-state index in [1.54, 1.807) is 0 Å². The molecule has 2 spiro atoms. The minimum atomic E-state index is -0.619. The van der Waals surface area contributed by atoms with Crippen molar-refractivity contribution in [1.82, 2.24) is 0 Å². The molecule has 0 aromatic heterocycles. The maximum Gasteiger partial charge on any atom is 0.132 e. The number of anilines is 3. The minimum absolute atomic E-state index is 0.616. The van der Waals surface area contributed by atoms with Gasteiger partial charge in [0.1, 0.15) is 23.0 Å². The van der Waals surface area contributed by atoms with Crippen molar-refractivity contribution in [1.29, 1.82) is 0 Å². The third-order valence-electron chi connectivity index (χ3n) is 15.4. The van der Waals surface area contributed by atoms with Crippen molar-refractivity contribution in [3.05, 3.63) is 293 Å². The standard InChI is InChI=1S/C66H41NO2/c1-2-19-42(20-3-1)46-23-7-13-31-58(46)67(59-32-18-30-56-64(59)47-24-6-8-25-50(47)65(56)52-26-9-14-33-60(52)68-61-34-15-10-27-53(61)65)45-37-38-51-49(41-45)48-39-43-21-4-5-22-44(43)40-57(48)66(51)54-28-11-16-35-62(54)69-63-36-17-12-29-55(63)66/h1-41H. The van der Waals surface area contributed by atoms with Crippen LogP contribution in [0.2, 0.25) is 0 Å². The van der Waals surface area contributed by atoms with Gasteiger partial charge < -0.3 is 14.4 Å². The van der Waals surface area contributed by atoms with Crippen LogP contribution in [0.1, 0.15) is 44.5 Å². The lowest BCUT2D eigenvalue weighted by Gasteiger charge is -2.39. The summed E-state index contributed by atoms with van der Waals surface area (Å²) in [5, 5.41) is 2.43. The Hall–Kier alpha value is -8.92. The Kier molecular flexibility index (Phi) is 7.92. The fourth-order valence-corrected chi connectivity index (χ4v) is 12.7. The predicted molar refractivity (Wildman–Crippen MR) is 279 cm³/mol. The van der Waals surface area contributed by atoms with E-state index in [1.165, 1.54) is 55.3 Å². The number of ether oxygens (including phenoxy) is 2. The first kappa shape index (κ1) is 38.2. The Bertz CT molecular complexity index is 3850. The van der Waals surface area contributed by atoms with Crippen LogP contribution in [0.4, 0.5) is 17.1 Å². The van der Waals surface area contributed by atoms with E-state index in [0.29, 0.717) is 0 Å². The summed E-state index contributed by atoms with van der Waals surface area (Å²) in [5.74, 6) is 3.53. The van der Waals surface area contributed by atoms with Crippen molar-refractivity contribution in [2.24, 2.45) is 0 Å². The van der Waals surface area contributed by atoms with E-state index in [0.717, 1.165) is 73.4 Å². The van der Waals surface area contributed by atoms with Gasteiger partial charge in [-0.25, -0.2) is 0 Å². The molecule has 3 heteroatoms. The summed E-state index contributed by atoms with van der Waals surface area (Å²) >= 11 is 0. The third-order valence-corrected chi connectivity index (χ3v) is 15.4. The van der Waals surface area contributed by atoms with Crippen LogP contribution in [0.3, 0.4) is 0 Å². The van der Waals surface area contributed by atoms with E-state index in [1.807, 2.05) is 0 Å². The molecular formula is C66H41NO2. The summed E-state index contributed by atoms with van der Waals surface area (Å²) in [5.41, 5.74) is 18.8. The molecule has 2 heterocycles. The molecule has 0 saturated carbocycles. The van der Waals surface area contributed by atoms with Crippen molar-refractivity contribution in [3.8, 4) is 56.4 Å². The molecule has 15 rings (SSSR count). The molecule has 0 fully saturated rings. The monoisotopic (exact) mass is 879 g/mol. The van der Waals surface area contributed by atoms with Gasteiger partial charge in [0, 0.05) is 39.1 Å². The first-order chi connectivity index (χ1) is 34.2. The SMILES string of the molecule is c1ccc(-c2ccccc2N(c2ccc3c(c2)-c2cc4ccccc4cc2C32c3ccccc3Oc3ccccc32)c2cccc3c2-c2ccccc2C32c3ccccc3Oc3ccccc32)cc1. The molecule has 0 radical (unpaired) electrons. The molecule has 0 saturated heterocycles. The van der Waals surface area contributed by atoms with Crippen LogP contribution in [0.5, 0.6) is 23.0 Å². The first-order valence-electron chi connectivity index (χ1n) is 23.8. The second-order valence-electron chi connectivity index (χ2n) is 18.6. The molecule has 0 N–H and O–H groups in total. The number of rotatable bonds is 4. The number of para-hydroxylation sites is 5. The van der Waals surface area contributed by atoms with Gasteiger partial charge in [0.05, 0.1) is 22.2 Å². The van der Waals surface area contributed by atoms with E-state index in [9.17, 15) is 0 Å². The largest absolute Gasteiger partial charge is 0.457 e. The highest BCUT2D eigenvalue weighted by molar-refractivity contribution is 6.02. The number of nitrogens with zero attached hydrogens (tertiary/aromatic N) is 1. The van der Waals surface area contributed by atoms with Gasteiger partial charge in [0.25, 0.3) is 0 Å². The van der Waals surface area contributed by atoms with Gasteiger partial charge in [-0.1, -0.05) is 188 Å². The summed E-state index contributed by atoms with van der Waals surface area (Å²) in [6.45, 7) is 0. The Labute approximate surface area is 400 Å². The van der Waals surface area contributed by atoms with Gasteiger partial charge in [-0.3, -0.25) is 0 Å². The van der Waals surface area contributed by atoms with E-state index in [-0.39, 0.29) is 0 Å². The van der Waals surface area contributed by atoms with Gasteiger partial charge in [0.15, 0.2) is 0 Å². The van der Waals surface area contributed by atoms with Gasteiger partial charge in [-0.15, -0.1) is 0 Å². The molecule has 4 aliphatic rings. The molecule has 0 bridgehead atoms. The topological polar surface area (TPSA) is 21.7 Å². The van der Waals surface area contributed by atoms with Crippen LogP contribution in [0.25, 0.3) is 44.2 Å². The van der Waals surface area contributed by atoms with E-state index >= 15 is 0 Å². The highest BCUT2D eigenvalue weighted by Gasteiger charge is 2.53. The average Bonchev–Trinajstić information content (AvgIpc) is 3.86. The molecule has 3 nitrogen and oxygen atoms in total.